The highest BCUT2D eigenvalue weighted by molar-refractivity contribution is 5.48. The average molecular weight is 284 g/mol. The molecule has 1 aromatic carbocycles. The van der Waals surface area contributed by atoms with Gasteiger partial charge in [-0.1, -0.05) is 6.92 Å². The number of methoxy groups -OCH3 is 1. The number of hydrogen-bond donors (Lipinski definition) is 2. The van der Waals surface area contributed by atoms with Crippen molar-refractivity contribution in [2.75, 3.05) is 26.8 Å². The first-order chi connectivity index (χ1) is 9.58. The van der Waals surface area contributed by atoms with Gasteiger partial charge in [-0.15, -0.1) is 0 Å². The number of aliphatic hydroxyl groups excluding tert-OH is 1. The topological polar surface area (TPSA) is 93.9 Å². The third-order valence-electron chi connectivity index (χ3n) is 2.60. The van der Waals surface area contributed by atoms with Gasteiger partial charge in [0.05, 0.1) is 18.1 Å². The molecule has 7 heteroatoms. The van der Waals surface area contributed by atoms with Crippen LogP contribution in [0.4, 0.5) is 5.69 Å². The summed E-state index contributed by atoms with van der Waals surface area (Å²) in [6.45, 7) is 3.29. The van der Waals surface area contributed by atoms with Crippen molar-refractivity contribution in [3.05, 3.63) is 28.3 Å². The largest absolute Gasteiger partial charge is 0.493 e. The maximum absolute atomic E-state index is 10.7. The van der Waals surface area contributed by atoms with Crippen LogP contribution >= 0.6 is 0 Å². The lowest BCUT2D eigenvalue weighted by Gasteiger charge is -2.14. The van der Waals surface area contributed by atoms with Crippen LogP contribution in [0, 0.1) is 10.1 Å². The number of rotatable bonds is 9. The zero-order chi connectivity index (χ0) is 15.0. The quantitative estimate of drug-likeness (QED) is 0.404. The van der Waals surface area contributed by atoms with Crippen LogP contribution in [0.2, 0.25) is 0 Å². The molecule has 0 aromatic heterocycles. The van der Waals surface area contributed by atoms with Crippen molar-refractivity contribution in [1.29, 1.82) is 0 Å². The third kappa shape index (κ3) is 5.02. The van der Waals surface area contributed by atoms with E-state index in [1.165, 1.54) is 25.3 Å². The molecule has 0 aliphatic carbocycles. The Bertz CT molecular complexity index is 439. The highest BCUT2D eigenvalue weighted by Crippen LogP contribution is 2.31. The number of benzene rings is 1. The Morgan fingerprint density at radius 2 is 2.20 bits per heavy atom. The van der Waals surface area contributed by atoms with Crippen LogP contribution in [0.5, 0.6) is 11.5 Å². The Morgan fingerprint density at radius 1 is 1.45 bits per heavy atom. The van der Waals surface area contributed by atoms with Crippen molar-refractivity contribution < 1.29 is 19.5 Å². The number of aliphatic hydroxyl groups is 1. The van der Waals surface area contributed by atoms with Crippen LogP contribution in [0.15, 0.2) is 18.2 Å². The molecule has 1 aromatic rings. The molecule has 0 heterocycles. The van der Waals surface area contributed by atoms with E-state index in [0.29, 0.717) is 12.3 Å². The van der Waals surface area contributed by atoms with E-state index >= 15 is 0 Å². The first-order valence-electron chi connectivity index (χ1n) is 6.42. The minimum Gasteiger partial charge on any atom is -0.493 e. The second-order valence-electron chi connectivity index (χ2n) is 4.26. The lowest BCUT2D eigenvalue weighted by molar-refractivity contribution is -0.385. The van der Waals surface area contributed by atoms with Gasteiger partial charge < -0.3 is 19.9 Å². The molecule has 1 atom stereocenters. The summed E-state index contributed by atoms with van der Waals surface area (Å²) < 4.78 is 10.5. The fourth-order valence-corrected chi connectivity index (χ4v) is 1.58. The fourth-order valence-electron chi connectivity index (χ4n) is 1.58. The van der Waals surface area contributed by atoms with Crippen LogP contribution in [0.1, 0.15) is 13.3 Å². The van der Waals surface area contributed by atoms with Crippen molar-refractivity contribution in [3.63, 3.8) is 0 Å². The van der Waals surface area contributed by atoms with Gasteiger partial charge in [-0.3, -0.25) is 10.1 Å². The van der Waals surface area contributed by atoms with Gasteiger partial charge in [-0.25, -0.2) is 0 Å². The molecule has 7 nitrogen and oxygen atoms in total. The van der Waals surface area contributed by atoms with Crippen LogP contribution in [-0.4, -0.2) is 42.9 Å². The number of non-ortho nitro benzene ring substituents is 1. The summed E-state index contributed by atoms with van der Waals surface area (Å²) in [5.74, 6) is 0.639. The molecule has 1 unspecified atom stereocenters. The summed E-state index contributed by atoms with van der Waals surface area (Å²) in [5.41, 5.74) is -0.0839. The van der Waals surface area contributed by atoms with Gasteiger partial charge >= 0.3 is 0 Å². The van der Waals surface area contributed by atoms with Crippen LogP contribution < -0.4 is 14.8 Å². The van der Waals surface area contributed by atoms with E-state index in [1.807, 2.05) is 6.92 Å². The molecule has 0 aliphatic rings. The summed E-state index contributed by atoms with van der Waals surface area (Å²) >= 11 is 0. The van der Waals surface area contributed by atoms with E-state index in [9.17, 15) is 15.2 Å². The Kier molecular flexibility index (Phi) is 6.75. The Balaban J connectivity index is 2.61. The molecule has 0 amide bonds. The Labute approximate surface area is 117 Å². The molecule has 112 valence electrons. The first-order valence-corrected chi connectivity index (χ1v) is 6.42. The number of hydrogen-bond acceptors (Lipinski definition) is 6. The van der Waals surface area contributed by atoms with E-state index < -0.39 is 11.0 Å². The lowest BCUT2D eigenvalue weighted by atomic mass is 10.3. The van der Waals surface area contributed by atoms with Crippen LogP contribution in [0.3, 0.4) is 0 Å². The van der Waals surface area contributed by atoms with Gasteiger partial charge in [0.25, 0.3) is 5.69 Å². The number of nitro groups is 1. The lowest BCUT2D eigenvalue weighted by Crippen LogP contribution is -2.31. The molecule has 2 N–H and O–H groups in total. The zero-order valence-electron chi connectivity index (χ0n) is 11.7. The molecule has 0 bridgehead atoms. The van der Waals surface area contributed by atoms with Crippen LogP contribution in [0.25, 0.3) is 0 Å². The predicted octanol–water partition coefficient (Wildman–Crippen LogP) is 1.34. The van der Waals surface area contributed by atoms with Gasteiger partial charge in [-0.2, -0.15) is 0 Å². The summed E-state index contributed by atoms with van der Waals surface area (Å²) in [7, 11) is 1.45. The van der Waals surface area contributed by atoms with Crippen molar-refractivity contribution in [2.45, 2.75) is 19.4 Å². The highest BCUT2D eigenvalue weighted by Gasteiger charge is 2.14. The van der Waals surface area contributed by atoms with Gasteiger partial charge in [0.2, 0.25) is 0 Å². The highest BCUT2D eigenvalue weighted by atomic mass is 16.6. The van der Waals surface area contributed by atoms with Crippen molar-refractivity contribution >= 4 is 5.69 Å². The molecule has 0 spiro atoms. The van der Waals surface area contributed by atoms with Gasteiger partial charge in [0, 0.05) is 12.6 Å². The predicted molar refractivity (Wildman–Crippen MR) is 74.3 cm³/mol. The Hall–Kier alpha value is -1.86. The smallest absolute Gasteiger partial charge is 0.273 e. The maximum Gasteiger partial charge on any atom is 0.273 e. The van der Waals surface area contributed by atoms with E-state index in [-0.39, 0.29) is 18.0 Å². The SMILES string of the molecule is CCCNCC(O)COc1cc([N+](=O)[O-])ccc1OC. The molecule has 0 aliphatic heterocycles. The zero-order valence-corrected chi connectivity index (χ0v) is 11.7. The number of nitro benzene ring substituents is 1. The first kappa shape index (κ1) is 16.2. The molecular weight excluding hydrogens is 264 g/mol. The molecule has 0 fully saturated rings. The number of ether oxygens (including phenoxy) is 2. The minimum absolute atomic E-state index is 0.0360. The third-order valence-corrected chi connectivity index (χ3v) is 2.60. The van der Waals surface area contributed by atoms with E-state index in [2.05, 4.69) is 5.32 Å². The molecule has 1 rings (SSSR count). The number of nitrogens with one attached hydrogen (secondary N) is 1. The van der Waals surface area contributed by atoms with Crippen molar-refractivity contribution in [1.82, 2.24) is 5.32 Å². The monoisotopic (exact) mass is 284 g/mol. The molecule has 0 saturated heterocycles. The second kappa shape index (κ2) is 8.34. The fraction of sp³-hybridized carbons (Fsp3) is 0.538. The Morgan fingerprint density at radius 3 is 2.80 bits per heavy atom. The maximum atomic E-state index is 10.7. The normalized spacial score (nSPS) is 11.9. The molecular formula is C13H20N2O5. The van der Waals surface area contributed by atoms with E-state index in [4.69, 9.17) is 9.47 Å². The summed E-state index contributed by atoms with van der Waals surface area (Å²) in [4.78, 5) is 10.2. The summed E-state index contributed by atoms with van der Waals surface area (Å²) in [6, 6.07) is 4.09. The van der Waals surface area contributed by atoms with Crippen molar-refractivity contribution in [2.24, 2.45) is 0 Å². The summed E-state index contributed by atoms with van der Waals surface area (Å²) in [5, 5.41) is 23.5. The molecule has 0 radical (unpaired) electrons. The van der Waals surface area contributed by atoms with Gasteiger partial charge in [0.1, 0.15) is 12.7 Å². The standard InChI is InChI=1S/C13H20N2O5/c1-3-6-14-8-11(16)9-20-13-7-10(15(17)18)4-5-12(13)19-2/h4-5,7,11,14,16H,3,6,8-9H2,1-2H3. The minimum atomic E-state index is -0.689. The molecule has 20 heavy (non-hydrogen) atoms. The van der Waals surface area contributed by atoms with Crippen LogP contribution in [-0.2, 0) is 0 Å². The second-order valence-corrected chi connectivity index (χ2v) is 4.26. The number of nitrogens with zero attached hydrogens (tertiary/aromatic N) is 1. The summed E-state index contributed by atoms with van der Waals surface area (Å²) in [6.07, 6.45) is 0.289. The van der Waals surface area contributed by atoms with Crippen molar-refractivity contribution in [3.8, 4) is 11.5 Å². The average Bonchev–Trinajstić information content (AvgIpc) is 2.45. The van der Waals surface area contributed by atoms with Gasteiger partial charge in [-0.05, 0) is 19.0 Å². The van der Waals surface area contributed by atoms with E-state index in [0.717, 1.165) is 13.0 Å². The van der Waals surface area contributed by atoms with Gasteiger partial charge in [0.15, 0.2) is 11.5 Å². The van der Waals surface area contributed by atoms with E-state index in [1.54, 1.807) is 0 Å². The molecule has 0 saturated carbocycles.